The van der Waals surface area contributed by atoms with E-state index in [9.17, 15) is 0 Å². The highest BCUT2D eigenvalue weighted by Gasteiger charge is 2.15. The Kier molecular flexibility index (Phi) is 4.14. The molecule has 100 valence electrons. The molecule has 1 N–H and O–H groups in total. The summed E-state index contributed by atoms with van der Waals surface area (Å²) in [6.07, 6.45) is 1.75. The fraction of sp³-hybridized carbons (Fsp3) is 0.357. The first-order valence-corrected chi connectivity index (χ1v) is 7.00. The van der Waals surface area contributed by atoms with Gasteiger partial charge in [0.25, 0.3) is 0 Å². The van der Waals surface area contributed by atoms with Crippen molar-refractivity contribution in [1.29, 1.82) is 0 Å². The average molecular weight is 321 g/mol. The van der Waals surface area contributed by atoms with Crippen LogP contribution >= 0.6 is 15.9 Å². The SMILES string of the molecule is CNc1nc(-c2ccc(Br)cn2)nc(C)c1C(C)C. The number of nitrogens with zero attached hydrogens (tertiary/aromatic N) is 3. The summed E-state index contributed by atoms with van der Waals surface area (Å²) in [5.41, 5.74) is 2.93. The molecule has 0 aliphatic carbocycles. The van der Waals surface area contributed by atoms with Crippen LogP contribution in [0.5, 0.6) is 0 Å². The molecule has 0 aliphatic rings. The number of aryl methyl sites for hydroxylation is 1. The van der Waals surface area contributed by atoms with Crippen molar-refractivity contribution in [3.8, 4) is 11.5 Å². The first-order valence-electron chi connectivity index (χ1n) is 6.21. The lowest BCUT2D eigenvalue weighted by molar-refractivity contribution is 0.833. The van der Waals surface area contributed by atoms with E-state index < -0.39 is 0 Å². The normalized spacial score (nSPS) is 10.8. The van der Waals surface area contributed by atoms with Gasteiger partial charge in [-0.3, -0.25) is 4.98 Å². The quantitative estimate of drug-likeness (QED) is 0.935. The Labute approximate surface area is 121 Å². The molecule has 2 aromatic rings. The van der Waals surface area contributed by atoms with E-state index in [1.165, 1.54) is 0 Å². The second kappa shape index (κ2) is 5.65. The number of rotatable bonds is 3. The lowest BCUT2D eigenvalue weighted by Gasteiger charge is -2.15. The summed E-state index contributed by atoms with van der Waals surface area (Å²) in [5.74, 6) is 1.91. The molecule has 0 saturated heterocycles. The Balaban J connectivity index is 2.54. The molecule has 5 heteroatoms. The van der Waals surface area contributed by atoms with E-state index in [1.807, 2.05) is 26.1 Å². The third kappa shape index (κ3) is 2.92. The van der Waals surface area contributed by atoms with Gasteiger partial charge in [-0.25, -0.2) is 9.97 Å². The number of pyridine rings is 1. The van der Waals surface area contributed by atoms with Gasteiger partial charge in [-0.1, -0.05) is 13.8 Å². The van der Waals surface area contributed by atoms with Crippen LogP contribution in [0.2, 0.25) is 0 Å². The van der Waals surface area contributed by atoms with Crippen LogP contribution in [-0.4, -0.2) is 22.0 Å². The molecule has 0 atom stereocenters. The van der Waals surface area contributed by atoms with Gasteiger partial charge in [-0.05, 0) is 40.9 Å². The molecule has 19 heavy (non-hydrogen) atoms. The lowest BCUT2D eigenvalue weighted by atomic mass is 10.0. The Hall–Kier alpha value is -1.49. The van der Waals surface area contributed by atoms with Crippen LogP contribution in [0.1, 0.15) is 31.0 Å². The second-order valence-corrected chi connectivity index (χ2v) is 5.58. The third-order valence-electron chi connectivity index (χ3n) is 2.91. The van der Waals surface area contributed by atoms with E-state index >= 15 is 0 Å². The summed E-state index contributed by atoms with van der Waals surface area (Å²) in [5, 5.41) is 3.15. The molecule has 0 spiro atoms. The van der Waals surface area contributed by atoms with E-state index in [4.69, 9.17) is 0 Å². The topological polar surface area (TPSA) is 50.7 Å². The first-order chi connectivity index (χ1) is 9.02. The molecule has 0 saturated carbocycles. The number of anilines is 1. The highest BCUT2D eigenvalue weighted by Crippen LogP contribution is 2.27. The molecule has 2 heterocycles. The van der Waals surface area contributed by atoms with Crippen LogP contribution in [0.4, 0.5) is 5.82 Å². The largest absolute Gasteiger partial charge is 0.373 e. The molecular weight excluding hydrogens is 304 g/mol. The van der Waals surface area contributed by atoms with Crippen molar-refractivity contribution in [1.82, 2.24) is 15.0 Å². The number of aromatic nitrogens is 3. The predicted octanol–water partition coefficient (Wildman–Crippen LogP) is 3.77. The second-order valence-electron chi connectivity index (χ2n) is 4.66. The zero-order valence-electron chi connectivity index (χ0n) is 11.5. The molecule has 0 aliphatic heterocycles. The maximum Gasteiger partial charge on any atom is 0.180 e. The van der Waals surface area contributed by atoms with Gasteiger partial charge in [-0.2, -0.15) is 0 Å². The molecule has 0 aromatic carbocycles. The fourth-order valence-electron chi connectivity index (χ4n) is 2.09. The van der Waals surface area contributed by atoms with Crippen molar-refractivity contribution in [2.75, 3.05) is 12.4 Å². The molecule has 0 unspecified atom stereocenters. The average Bonchev–Trinajstić information content (AvgIpc) is 2.38. The van der Waals surface area contributed by atoms with Gasteiger partial charge in [0.15, 0.2) is 5.82 Å². The molecule has 0 fully saturated rings. The van der Waals surface area contributed by atoms with Gasteiger partial charge in [0, 0.05) is 29.0 Å². The van der Waals surface area contributed by atoms with Crippen molar-refractivity contribution < 1.29 is 0 Å². The van der Waals surface area contributed by atoms with Gasteiger partial charge in [0.2, 0.25) is 0 Å². The maximum atomic E-state index is 4.57. The van der Waals surface area contributed by atoms with Crippen LogP contribution in [-0.2, 0) is 0 Å². The highest BCUT2D eigenvalue weighted by molar-refractivity contribution is 9.10. The van der Waals surface area contributed by atoms with Crippen LogP contribution in [0.15, 0.2) is 22.8 Å². The van der Waals surface area contributed by atoms with Crippen LogP contribution in [0.25, 0.3) is 11.5 Å². The minimum absolute atomic E-state index is 0.384. The van der Waals surface area contributed by atoms with Crippen molar-refractivity contribution >= 4 is 21.7 Å². The zero-order chi connectivity index (χ0) is 14.0. The highest BCUT2D eigenvalue weighted by atomic mass is 79.9. The molecule has 0 amide bonds. The first kappa shape index (κ1) is 13.9. The number of hydrogen-bond acceptors (Lipinski definition) is 4. The van der Waals surface area contributed by atoms with Gasteiger partial charge >= 0.3 is 0 Å². The van der Waals surface area contributed by atoms with Gasteiger partial charge < -0.3 is 5.32 Å². The van der Waals surface area contributed by atoms with E-state index in [0.29, 0.717) is 11.7 Å². The smallest absolute Gasteiger partial charge is 0.180 e. The molecule has 0 radical (unpaired) electrons. The Morgan fingerprint density at radius 2 is 1.95 bits per heavy atom. The number of hydrogen-bond donors (Lipinski definition) is 1. The Morgan fingerprint density at radius 1 is 1.21 bits per heavy atom. The molecule has 2 aromatic heterocycles. The van der Waals surface area contributed by atoms with E-state index in [2.05, 4.69) is 50.0 Å². The fourth-order valence-corrected chi connectivity index (χ4v) is 2.32. The van der Waals surface area contributed by atoms with Crippen molar-refractivity contribution in [2.45, 2.75) is 26.7 Å². The summed E-state index contributed by atoms with van der Waals surface area (Å²) in [4.78, 5) is 13.5. The molecule has 4 nitrogen and oxygen atoms in total. The van der Waals surface area contributed by atoms with E-state index in [-0.39, 0.29) is 0 Å². The van der Waals surface area contributed by atoms with E-state index in [1.54, 1.807) is 6.20 Å². The molecular formula is C14H17BrN4. The lowest BCUT2D eigenvalue weighted by Crippen LogP contribution is -2.07. The van der Waals surface area contributed by atoms with E-state index in [0.717, 1.165) is 27.2 Å². The summed E-state index contributed by atoms with van der Waals surface area (Å²) in [6, 6.07) is 3.85. The summed E-state index contributed by atoms with van der Waals surface area (Å²) >= 11 is 3.38. The summed E-state index contributed by atoms with van der Waals surface area (Å²) in [7, 11) is 1.88. The van der Waals surface area contributed by atoms with Crippen molar-refractivity contribution in [3.05, 3.63) is 34.1 Å². The van der Waals surface area contributed by atoms with Crippen molar-refractivity contribution in [2.24, 2.45) is 0 Å². The Bertz CT molecular complexity index is 579. The summed E-state index contributed by atoms with van der Waals surface area (Å²) < 4.78 is 0.945. The van der Waals surface area contributed by atoms with Crippen LogP contribution < -0.4 is 5.32 Å². The monoisotopic (exact) mass is 320 g/mol. The maximum absolute atomic E-state index is 4.57. The standard InChI is InChI=1S/C14H17BrN4/c1-8(2)12-9(3)18-13(19-14(12)16-4)11-6-5-10(15)7-17-11/h5-8H,1-4H3,(H,16,18,19). The number of halogens is 1. The van der Waals surface area contributed by atoms with Crippen LogP contribution in [0, 0.1) is 6.92 Å². The van der Waals surface area contributed by atoms with Crippen LogP contribution in [0.3, 0.4) is 0 Å². The molecule has 0 bridgehead atoms. The van der Waals surface area contributed by atoms with Gasteiger partial charge in [0.05, 0.1) is 0 Å². The van der Waals surface area contributed by atoms with Gasteiger partial charge in [0.1, 0.15) is 11.5 Å². The van der Waals surface area contributed by atoms with Gasteiger partial charge in [-0.15, -0.1) is 0 Å². The summed E-state index contributed by atoms with van der Waals surface area (Å²) in [6.45, 7) is 6.30. The molecule has 2 rings (SSSR count). The minimum atomic E-state index is 0.384. The minimum Gasteiger partial charge on any atom is -0.373 e. The van der Waals surface area contributed by atoms with Crippen molar-refractivity contribution in [3.63, 3.8) is 0 Å². The zero-order valence-corrected chi connectivity index (χ0v) is 13.1. The predicted molar refractivity (Wildman–Crippen MR) is 81.3 cm³/mol. The number of nitrogens with one attached hydrogen (secondary N) is 1. The Morgan fingerprint density at radius 3 is 2.47 bits per heavy atom. The third-order valence-corrected chi connectivity index (χ3v) is 3.38.